The zero-order valence-corrected chi connectivity index (χ0v) is 14.6. The molecule has 0 heterocycles. The lowest BCUT2D eigenvalue weighted by Gasteiger charge is -2.13. The number of anilines is 1. The molecule has 0 unspecified atom stereocenters. The second-order valence-electron chi connectivity index (χ2n) is 4.91. The highest BCUT2D eigenvalue weighted by atomic mass is 79.9. The van der Waals surface area contributed by atoms with Gasteiger partial charge in [-0.3, -0.25) is 4.72 Å². The molecule has 1 N–H and O–H groups in total. The Kier molecular flexibility index (Phi) is 4.92. The van der Waals surface area contributed by atoms with Crippen molar-refractivity contribution in [2.24, 2.45) is 0 Å². The highest BCUT2D eigenvalue weighted by molar-refractivity contribution is 9.10. The Morgan fingerprint density at radius 1 is 1.17 bits per heavy atom. The monoisotopic (exact) mass is 418 g/mol. The summed E-state index contributed by atoms with van der Waals surface area (Å²) < 4.78 is 65.3. The molecule has 0 saturated carbocycles. The predicted molar refractivity (Wildman–Crippen MR) is 85.8 cm³/mol. The molecule has 2 aromatic carbocycles. The van der Waals surface area contributed by atoms with E-state index in [1.165, 1.54) is 6.07 Å². The molecule has 9 heteroatoms. The molecule has 0 aliphatic heterocycles. The van der Waals surface area contributed by atoms with E-state index in [2.05, 4.69) is 20.7 Å². The van der Waals surface area contributed by atoms with Gasteiger partial charge in [0.05, 0.1) is 16.8 Å². The Hall–Kier alpha value is -2.05. The van der Waals surface area contributed by atoms with Crippen molar-refractivity contribution >= 4 is 31.6 Å². The minimum atomic E-state index is -4.62. The standard InChI is InChI=1S/C15H10BrF3N2O2S/c1-9-2-5-14(12(16)6-9)24(22,23)21-13-4-3-11(15(17,18)19)7-10(13)8-20/h2-7,21H,1H3. The minimum absolute atomic E-state index is 0.0862. The molecule has 126 valence electrons. The first-order chi connectivity index (χ1) is 11.0. The van der Waals surface area contributed by atoms with Gasteiger partial charge < -0.3 is 0 Å². The van der Waals surface area contributed by atoms with Crippen molar-refractivity contribution in [3.63, 3.8) is 0 Å². The van der Waals surface area contributed by atoms with Gasteiger partial charge in [-0.05, 0) is 58.7 Å². The molecule has 0 fully saturated rings. The van der Waals surface area contributed by atoms with Crippen LogP contribution in [0.4, 0.5) is 18.9 Å². The summed E-state index contributed by atoms with van der Waals surface area (Å²) in [4.78, 5) is -0.0862. The number of halogens is 4. The van der Waals surface area contributed by atoms with E-state index in [0.717, 1.165) is 11.6 Å². The number of benzene rings is 2. The van der Waals surface area contributed by atoms with E-state index in [-0.39, 0.29) is 10.6 Å². The van der Waals surface area contributed by atoms with Gasteiger partial charge in [-0.25, -0.2) is 8.42 Å². The van der Waals surface area contributed by atoms with Crippen molar-refractivity contribution in [3.05, 3.63) is 57.6 Å². The maximum Gasteiger partial charge on any atom is 0.416 e. The maximum atomic E-state index is 12.7. The molecule has 2 rings (SSSR count). The first-order valence-electron chi connectivity index (χ1n) is 6.45. The van der Waals surface area contributed by atoms with Crippen LogP contribution in [0.3, 0.4) is 0 Å². The van der Waals surface area contributed by atoms with Crippen LogP contribution >= 0.6 is 15.9 Å². The summed E-state index contributed by atoms with van der Waals surface area (Å²) in [5.74, 6) is 0. The Bertz CT molecular complexity index is 935. The Morgan fingerprint density at radius 3 is 2.38 bits per heavy atom. The molecular formula is C15H10BrF3N2O2S. The molecular weight excluding hydrogens is 409 g/mol. The fourth-order valence-corrected chi connectivity index (χ4v) is 4.20. The topological polar surface area (TPSA) is 70.0 Å². The first kappa shape index (κ1) is 18.3. The summed E-state index contributed by atoms with van der Waals surface area (Å²) in [5, 5.41) is 9.01. The molecule has 2 aromatic rings. The van der Waals surface area contributed by atoms with Crippen LogP contribution in [0.25, 0.3) is 0 Å². The second-order valence-corrected chi connectivity index (χ2v) is 7.41. The normalized spacial score (nSPS) is 11.8. The quantitative estimate of drug-likeness (QED) is 0.800. The van der Waals surface area contributed by atoms with Crippen LogP contribution in [0.15, 0.2) is 45.8 Å². The van der Waals surface area contributed by atoms with Crippen molar-refractivity contribution in [2.75, 3.05) is 4.72 Å². The molecule has 0 saturated heterocycles. The molecule has 0 bridgehead atoms. The van der Waals surface area contributed by atoms with Crippen molar-refractivity contribution in [3.8, 4) is 6.07 Å². The fraction of sp³-hybridized carbons (Fsp3) is 0.133. The zero-order valence-electron chi connectivity index (χ0n) is 12.1. The fourth-order valence-electron chi connectivity index (χ4n) is 1.93. The average molecular weight is 419 g/mol. The summed E-state index contributed by atoms with van der Waals surface area (Å²) in [5.41, 5.74) is -0.846. The van der Waals surface area contributed by atoms with Crippen molar-refractivity contribution in [1.29, 1.82) is 5.26 Å². The van der Waals surface area contributed by atoms with Crippen LogP contribution in [0, 0.1) is 18.3 Å². The minimum Gasteiger partial charge on any atom is -0.278 e. The molecule has 0 atom stereocenters. The van der Waals surface area contributed by atoms with Gasteiger partial charge in [-0.15, -0.1) is 0 Å². The number of aryl methyl sites for hydroxylation is 1. The van der Waals surface area contributed by atoms with E-state index in [1.54, 1.807) is 25.1 Å². The third kappa shape index (κ3) is 3.88. The van der Waals surface area contributed by atoms with Gasteiger partial charge in [0.1, 0.15) is 11.0 Å². The highest BCUT2D eigenvalue weighted by Crippen LogP contribution is 2.33. The van der Waals surface area contributed by atoms with Crippen LogP contribution in [-0.4, -0.2) is 8.42 Å². The second kappa shape index (κ2) is 6.45. The number of alkyl halides is 3. The Balaban J connectivity index is 2.45. The van der Waals surface area contributed by atoms with E-state index in [9.17, 15) is 21.6 Å². The summed E-state index contributed by atoms with van der Waals surface area (Å²) in [6.45, 7) is 1.78. The summed E-state index contributed by atoms with van der Waals surface area (Å²) in [6.07, 6.45) is -4.62. The molecule has 0 aromatic heterocycles. The number of nitriles is 1. The SMILES string of the molecule is Cc1ccc(S(=O)(=O)Nc2ccc(C(F)(F)F)cc2C#N)c(Br)c1. The van der Waals surface area contributed by atoms with Crippen LogP contribution in [0.2, 0.25) is 0 Å². The van der Waals surface area contributed by atoms with Crippen LogP contribution in [0.1, 0.15) is 16.7 Å². The third-order valence-corrected chi connectivity index (χ3v) is 5.43. The molecule has 0 aliphatic carbocycles. The van der Waals surface area contributed by atoms with Crippen molar-refractivity contribution in [2.45, 2.75) is 18.0 Å². The molecule has 0 spiro atoms. The summed E-state index contributed by atoms with van der Waals surface area (Å²) >= 11 is 3.14. The van der Waals surface area contributed by atoms with E-state index in [0.29, 0.717) is 16.6 Å². The summed E-state index contributed by atoms with van der Waals surface area (Å²) in [7, 11) is -4.07. The molecule has 4 nitrogen and oxygen atoms in total. The number of hydrogen-bond donors (Lipinski definition) is 1. The van der Waals surface area contributed by atoms with E-state index < -0.39 is 27.3 Å². The lowest BCUT2D eigenvalue weighted by atomic mass is 10.1. The summed E-state index contributed by atoms with van der Waals surface area (Å²) in [6, 6.07) is 8.32. The zero-order chi connectivity index (χ0) is 18.1. The largest absolute Gasteiger partial charge is 0.416 e. The van der Waals surface area contributed by atoms with Gasteiger partial charge in [-0.1, -0.05) is 6.07 Å². The highest BCUT2D eigenvalue weighted by Gasteiger charge is 2.31. The number of hydrogen-bond acceptors (Lipinski definition) is 3. The predicted octanol–water partition coefficient (Wildman–Crippen LogP) is 4.45. The van der Waals surface area contributed by atoms with Crippen LogP contribution < -0.4 is 4.72 Å². The van der Waals surface area contributed by atoms with Gasteiger partial charge in [0.15, 0.2) is 0 Å². The van der Waals surface area contributed by atoms with Gasteiger partial charge in [0, 0.05) is 4.47 Å². The number of rotatable bonds is 3. The Labute approximate surface area is 145 Å². The van der Waals surface area contributed by atoms with Gasteiger partial charge >= 0.3 is 6.18 Å². The Morgan fingerprint density at radius 2 is 1.83 bits per heavy atom. The molecule has 0 radical (unpaired) electrons. The van der Waals surface area contributed by atoms with E-state index in [1.807, 2.05) is 0 Å². The number of sulfonamides is 1. The van der Waals surface area contributed by atoms with Gasteiger partial charge in [-0.2, -0.15) is 18.4 Å². The number of nitrogens with one attached hydrogen (secondary N) is 1. The number of nitrogens with zero attached hydrogens (tertiary/aromatic N) is 1. The van der Waals surface area contributed by atoms with Crippen molar-refractivity contribution < 1.29 is 21.6 Å². The molecule has 0 aliphatic rings. The maximum absolute atomic E-state index is 12.7. The van der Waals surface area contributed by atoms with E-state index in [4.69, 9.17) is 5.26 Å². The lowest BCUT2D eigenvalue weighted by molar-refractivity contribution is -0.137. The van der Waals surface area contributed by atoms with Gasteiger partial charge in [0.2, 0.25) is 0 Å². The smallest absolute Gasteiger partial charge is 0.278 e. The third-order valence-electron chi connectivity index (χ3n) is 3.09. The van der Waals surface area contributed by atoms with Crippen molar-refractivity contribution in [1.82, 2.24) is 0 Å². The van der Waals surface area contributed by atoms with Crippen LogP contribution in [0.5, 0.6) is 0 Å². The average Bonchev–Trinajstić information content (AvgIpc) is 2.45. The van der Waals surface area contributed by atoms with Gasteiger partial charge in [0.25, 0.3) is 10.0 Å². The van der Waals surface area contributed by atoms with E-state index >= 15 is 0 Å². The molecule has 24 heavy (non-hydrogen) atoms. The lowest BCUT2D eigenvalue weighted by Crippen LogP contribution is -2.15. The molecule has 0 amide bonds. The first-order valence-corrected chi connectivity index (χ1v) is 8.72. The van der Waals surface area contributed by atoms with Crippen LogP contribution in [-0.2, 0) is 16.2 Å².